The molecule has 1 aromatic rings. The van der Waals surface area contributed by atoms with Crippen LogP contribution in [0.5, 0.6) is 0 Å². The van der Waals surface area contributed by atoms with Crippen molar-refractivity contribution < 1.29 is 5.11 Å². The summed E-state index contributed by atoms with van der Waals surface area (Å²) in [4.78, 5) is 4.12. The van der Waals surface area contributed by atoms with E-state index < -0.39 is 0 Å². The molecule has 0 spiro atoms. The average molecular weight is 173 g/mol. The summed E-state index contributed by atoms with van der Waals surface area (Å²) in [6.07, 6.45) is 0. The Balaban J connectivity index is 2.71. The summed E-state index contributed by atoms with van der Waals surface area (Å²) in [6, 6.07) is -0.353. The highest BCUT2D eigenvalue weighted by atomic mass is 32.1. The Morgan fingerprint density at radius 2 is 2.64 bits per heavy atom. The van der Waals surface area contributed by atoms with Crippen LogP contribution in [-0.2, 0) is 0 Å². The van der Waals surface area contributed by atoms with Crippen LogP contribution < -0.4 is 11.1 Å². The summed E-state index contributed by atoms with van der Waals surface area (Å²) in [7, 11) is 1.80. The number of hydrogen-bond donors (Lipinski definition) is 3. The molecule has 0 aromatic carbocycles. The van der Waals surface area contributed by atoms with Gasteiger partial charge in [-0.05, 0) is 0 Å². The second kappa shape index (κ2) is 3.66. The van der Waals surface area contributed by atoms with Crippen LogP contribution in [0.15, 0.2) is 5.38 Å². The highest BCUT2D eigenvalue weighted by Crippen LogP contribution is 2.18. The molecule has 4 nitrogen and oxygen atoms in total. The molecule has 0 radical (unpaired) electrons. The van der Waals surface area contributed by atoms with E-state index in [1.165, 1.54) is 11.3 Å². The summed E-state index contributed by atoms with van der Waals surface area (Å²) >= 11 is 1.48. The zero-order valence-corrected chi connectivity index (χ0v) is 7.06. The molecule has 0 aliphatic heterocycles. The van der Waals surface area contributed by atoms with Gasteiger partial charge in [-0.3, -0.25) is 0 Å². The summed E-state index contributed by atoms with van der Waals surface area (Å²) < 4.78 is 0. The second-order valence-corrected chi connectivity index (χ2v) is 2.97. The highest BCUT2D eigenvalue weighted by molar-refractivity contribution is 7.13. The van der Waals surface area contributed by atoms with Crippen molar-refractivity contribution in [2.45, 2.75) is 6.04 Å². The average Bonchev–Trinajstić information content (AvgIpc) is 2.50. The van der Waals surface area contributed by atoms with Gasteiger partial charge in [0.05, 0.1) is 18.3 Å². The fourth-order valence-corrected chi connectivity index (χ4v) is 1.40. The van der Waals surface area contributed by atoms with E-state index in [2.05, 4.69) is 10.3 Å². The molecule has 1 rings (SSSR count). The van der Waals surface area contributed by atoms with Crippen LogP contribution >= 0.6 is 11.3 Å². The Morgan fingerprint density at radius 1 is 1.91 bits per heavy atom. The SMILES string of the molecule is CNc1nc(C(N)CO)cs1. The molecule has 1 aromatic heterocycles. The van der Waals surface area contributed by atoms with Crippen molar-refractivity contribution in [2.24, 2.45) is 5.73 Å². The van der Waals surface area contributed by atoms with Gasteiger partial charge in [0, 0.05) is 12.4 Å². The third kappa shape index (κ3) is 1.89. The van der Waals surface area contributed by atoms with Crippen LogP contribution in [-0.4, -0.2) is 23.7 Å². The van der Waals surface area contributed by atoms with Crippen molar-refractivity contribution in [1.29, 1.82) is 0 Å². The fraction of sp³-hybridized carbons (Fsp3) is 0.500. The molecular weight excluding hydrogens is 162 g/mol. The molecule has 0 saturated carbocycles. The van der Waals surface area contributed by atoms with Crippen LogP contribution in [0.2, 0.25) is 0 Å². The lowest BCUT2D eigenvalue weighted by Gasteiger charge is -2.01. The maximum Gasteiger partial charge on any atom is 0.182 e. The minimum Gasteiger partial charge on any atom is -0.394 e. The topological polar surface area (TPSA) is 71.2 Å². The molecule has 62 valence electrons. The van der Waals surface area contributed by atoms with E-state index in [0.717, 1.165) is 10.8 Å². The van der Waals surface area contributed by atoms with Crippen LogP contribution in [0.1, 0.15) is 11.7 Å². The van der Waals surface area contributed by atoms with Crippen molar-refractivity contribution in [3.8, 4) is 0 Å². The quantitative estimate of drug-likeness (QED) is 0.609. The molecule has 1 atom stereocenters. The molecule has 0 bridgehead atoms. The maximum atomic E-state index is 8.69. The number of rotatable bonds is 3. The number of anilines is 1. The Kier molecular flexibility index (Phi) is 2.81. The largest absolute Gasteiger partial charge is 0.394 e. The minimum absolute atomic E-state index is 0.0626. The number of hydrogen-bond acceptors (Lipinski definition) is 5. The van der Waals surface area contributed by atoms with Gasteiger partial charge in [0.25, 0.3) is 0 Å². The summed E-state index contributed by atoms with van der Waals surface area (Å²) in [5, 5.41) is 14.2. The van der Waals surface area contributed by atoms with E-state index in [0.29, 0.717) is 0 Å². The van der Waals surface area contributed by atoms with Crippen molar-refractivity contribution in [2.75, 3.05) is 19.0 Å². The number of nitrogens with two attached hydrogens (primary N) is 1. The number of thiazole rings is 1. The lowest BCUT2D eigenvalue weighted by molar-refractivity contribution is 0.266. The van der Waals surface area contributed by atoms with E-state index in [9.17, 15) is 0 Å². The van der Waals surface area contributed by atoms with E-state index in [1.807, 2.05) is 5.38 Å². The summed E-state index contributed by atoms with van der Waals surface area (Å²) in [5.74, 6) is 0. The van der Waals surface area contributed by atoms with Gasteiger partial charge in [-0.1, -0.05) is 0 Å². The molecule has 0 aliphatic rings. The first-order valence-electron chi connectivity index (χ1n) is 3.27. The fourth-order valence-electron chi connectivity index (χ4n) is 0.665. The van der Waals surface area contributed by atoms with Gasteiger partial charge in [0.15, 0.2) is 5.13 Å². The highest BCUT2D eigenvalue weighted by Gasteiger charge is 2.07. The molecule has 0 aliphatic carbocycles. The molecule has 0 amide bonds. The first-order chi connectivity index (χ1) is 5.27. The van der Waals surface area contributed by atoms with Gasteiger partial charge in [-0.25, -0.2) is 4.98 Å². The van der Waals surface area contributed by atoms with Crippen LogP contribution in [0.4, 0.5) is 5.13 Å². The van der Waals surface area contributed by atoms with E-state index >= 15 is 0 Å². The molecule has 4 N–H and O–H groups in total. The molecule has 1 unspecified atom stereocenters. The molecule has 0 saturated heterocycles. The zero-order chi connectivity index (χ0) is 8.27. The van der Waals surface area contributed by atoms with Gasteiger partial charge in [0.1, 0.15) is 0 Å². The van der Waals surface area contributed by atoms with E-state index in [-0.39, 0.29) is 12.6 Å². The smallest absolute Gasteiger partial charge is 0.182 e. The summed E-state index contributed by atoms with van der Waals surface area (Å²) in [6.45, 7) is -0.0626. The molecule has 0 fully saturated rings. The van der Waals surface area contributed by atoms with Crippen molar-refractivity contribution in [3.63, 3.8) is 0 Å². The Bertz CT molecular complexity index is 225. The first-order valence-corrected chi connectivity index (χ1v) is 4.15. The molecule has 5 heteroatoms. The maximum absolute atomic E-state index is 8.69. The third-order valence-electron chi connectivity index (χ3n) is 1.31. The van der Waals surface area contributed by atoms with E-state index in [1.54, 1.807) is 7.05 Å². The number of aliphatic hydroxyl groups is 1. The van der Waals surface area contributed by atoms with Crippen LogP contribution in [0, 0.1) is 0 Å². The number of aromatic nitrogens is 1. The zero-order valence-electron chi connectivity index (χ0n) is 6.24. The van der Waals surface area contributed by atoms with Gasteiger partial charge in [-0.15, -0.1) is 11.3 Å². The minimum atomic E-state index is -0.353. The second-order valence-electron chi connectivity index (χ2n) is 2.12. The van der Waals surface area contributed by atoms with Crippen molar-refractivity contribution >= 4 is 16.5 Å². The third-order valence-corrected chi connectivity index (χ3v) is 2.19. The first kappa shape index (κ1) is 8.45. The summed E-state index contributed by atoms with van der Waals surface area (Å²) in [5.41, 5.74) is 6.27. The van der Waals surface area contributed by atoms with Crippen LogP contribution in [0.25, 0.3) is 0 Å². The predicted octanol–water partition coefficient (Wildman–Crippen LogP) is 0.177. The Hall–Kier alpha value is -0.650. The van der Waals surface area contributed by atoms with Crippen molar-refractivity contribution in [3.05, 3.63) is 11.1 Å². The van der Waals surface area contributed by atoms with Gasteiger partial charge < -0.3 is 16.2 Å². The molecule has 11 heavy (non-hydrogen) atoms. The van der Waals surface area contributed by atoms with E-state index in [4.69, 9.17) is 10.8 Å². The molecular formula is C6H11N3OS. The monoisotopic (exact) mass is 173 g/mol. The normalized spacial score (nSPS) is 13.0. The standard InChI is InChI=1S/C6H11N3OS/c1-8-6-9-5(3-11-6)4(7)2-10/h3-4,10H,2,7H2,1H3,(H,8,9). The number of aliphatic hydroxyl groups excluding tert-OH is 1. The number of nitrogens with one attached hydrogen (secondary N) is 1. The number of nitrogens with zero attached hydrogens (tertiary/aromatic N) is 1. The lowest BCUT2D eigenvalue weighted by atomic mass is 10.3. The van der Waals surface area contributed by atoms with Gasteiger partial charge in [-0.2, -0.15) is 0 Å². The van der Waals surface area contributed by atoms with Gasteiger partial charge in [0.2, 0.25) is 0 Å². The predicted molar refractivity (Wildman–Crippen MR) is 45.7 cm³/mol. The molecule has 1 heterocycles. The van der Waals surface area contributed by atoms with Gasteiger partial charge >= 0.3 is 0 Å². The Labute approximate surface area is 69.1 Å². The Morgan fingerprint density at radius 3 is 3.09 bits per heavy atom. The van der Waals surface area contributed by atoms with Crippen LogP contribution in [0.3, 0.4) is 0 Å². The van der Waals surface area contributed by atoms with Crippen molar-refractivity contribution in [1.82, 2.24) is 4.98 Å². The lowest BCUT2D eigenvalue weighted by Crippen LogP contribution is -2.14.